The van der Waals surface area contributed by atoms with E-state index in [-0.39, 0.29) is 17.5 Å². The number of aryl methyl sites for hydroxylation is 1. The van der Waals surface area contributed by atoms with E-state index in [0.29, 0.717) is 0 Å². The van der Waals surface area contributed by atoms with Gasteiger partial charge in [0.2, 0.25) is 0 Å². The Morgan fingerprint density at radius 1 is 1.04 bits per heavy atom. The third-order valence-corrected chi connectivity index (χ3v) is 5.24. The van der Waals surface area contributed by atoms with Gasteiger partial charge in [0.15, 0.2) is 0 Å². The minimum Gasteiger partial charge on any atom is -0.348 e. The first kappa shape index (κ1) is 15.9. The van der Waals surface area contributed by atoms with E-state index in [9.17, 15) is 4.79 Å². The Labute approximate surface area is 138 Å². The van der Waals surface area contributed by atoms with E-state index in [1.54, 1.807) is 0 Å². The average Bonchev–Trinajstić information content (AvgIpc) is 2.86. The number of hydrogen-bond donors (Lipinski definition) is 0. The van der Waals surface area contributed by atoms with Gasteiger partial charge < -0.3 is 9.47 Å². The van der Waals surface area contributed by atoms with Gasteiger partial charge in [-0.1, -0.05) is 18.2 Å². The van der Waals surface area contributed by atoms with Crippen LogP contribution in [0.25, 0.3) is 10.9 Å². The molecule has 0 unspecified atom stereocenters. The largest absolute Gasteiger partial charge is 0.348 e. The Balaban J connectivity index is 2.32. The van der Waals surface area contributed by atoms with Crippen molar-refractivity contribution in [1.29, 1.82) is 0 Å². The van der Waals surface area contributed by atoms with Crippen molar-refractivity contribution in [3.05, 3.63) is 46.7 Å². The Kier molecular flexibility index (Phi) is 3.44. The summed E-state index contributed by atoms with van der Waals surface area (Å²) in [6.07, 6.45) is 0. The molecule has 122 valence electrons. The summed E-state index contributed by atoms with van der Waals surface area (Å²) >= 11 is 0. The lowest BCUT2D eigenvalue weighted by molar-refractivity contribution is -0.131. The number of hydrogen-bond acceptors (Lipinski definition) is 1. The first-order valence-electron chi connectivity index (χ1n) is 8.21. The molecule has 3 nitrogen and oxygen atoms in total. The van der Waals surface area contributed by atoms with Gasteiger partial charge in [-0.25, -0.2) is 0 Å². The minimum atomic E-state index is -0.218. The van der Waals surface area contributed by atoms with Gasteiger partial charge in [0, 0.05) is 40.3 Å². The molecule has 1 aliphatic heterocycles. The topological polar surface area (TPSA) is 25.2 Å². The third kappa shape index (κ3) is 2.13. The lowest BCUT2D eigenvalue weighted by Gasteiger charge is -2.38. The molecule has 1 aromatic carbocycles. The van der Waals surface area contributed by atoms with Gasteiger partial charge in [-0.2, -0.15) is 0 Å². The molecule has 0 N–H and O–H groups in total. The molecule has 1 amide bonds. The van der Waals surface area contributed by atoms with E-state index in [1.165, 1.54) is 27.7 Å². The van der Waals surface area contributed by atoms with Gasteiger partial charge in [0.25, 0.3) is 5.91 Å². The molecule has 0 fully saturated rings. The SMILES string of the molecule is CC1=C(C)[C@@H](c2c(C)n(C)c3ccccc23)N(C(C)(C)C)C1=O. The molecule has 2 aromatic rings. The van der Waals surface area contributed by atoms with E-state index in [0.717, 1.165) is 5.57 Å². The van der Waals surface area contributed by atoms with Crippen LogP contribution in [0.3, 0.4) is 0 Å². The van der Waals surface area contributed by atoms with E-state index < -0.39 is 0 Å². The van der Waals surface area contributed by atoms with Crippen LogP contribution in [-0.4, -0.2) is 20.9 Å². The van der Waals surface area contributed by atoms with Gasteiger partial charge in [-0.3, -0.25) is 4.79 Å². The van der Waals surface area contributed by atoms with E-state index in [4.69, 9.17) is 0 Å². The predicted molar refractivity (Wildman–Crippen MR) is 95.4 cm³/mol. The second-order valence-electron chi connectivity index (χ2n) is 7.63. The molecule has 0 saturated heterocycles. The number of carbonyl (C=O) groups excluding carboxylic acids is 1. The molecule has 23 heavy (non-hydrogen) atoms. The second kappa shape index (κ2) is 4.98. The van der Waals surface area contributed by atoms with E-state index in [2.05, 4.69) is 70.5 Å². The van der Waals surface area contributed by atoms with Crippen molar-refractivity contribution in [2.75, 3.05) is 0 Å². The van der Waals surface area contributed by atoms with Crippen LogP contribution >= 0.6 is 0 Å². The summed E-state index contributed by atoms with van der Waals surface area (Å²) in [7, 11) is 2.10. The zero-order chi connectivity index (χ0) is 17.1. The Bertz CT molecular complexity index is 833. The first-order valence-corrected chi connectivity index (χ1v) is 8.21. The fraction of sp³-hybridized carbons (Fsp3) is 0.450. The van der Waals surface area contributed by atoms with Crippen LogP contribution in [0, 0.1) is 6.92 Å². The van der Waals surface area contributed by atoms with Gasteiger partial charge in [-0.05, 0) is 53.2 Å². The highest BCUT2D eigenvalue weighted by atomic mass is 16.2. The van der Waals surface area contributed by atoms with Crippen molar-refractivity contribution in [2.24, 2.45) is 7.05 Å². The van der Waals surface area contributed by atoms with Crippen LogP contribution in [0.5, 0.6) is 0 Å². The smallest absolute Gasteiger partial charge is 0.250 e. The second-order valence-corrected chi connectivity index (χ2v) is 7.63. The molecule has 2 heterocycles. The monoisotopic (exact) mass is 310 g/mol. The number of amides is 1. The molecule has 1 atom stereocenters. The highest BCUT2D eigenvalue weighted by Gasteiger charge is 2.43. The molecular formula is C20H26N2O. The van der Waals surface area contributed by atoms with Crippen LogP contribution in [0.4, 0.5) is 0 Å². The number of benzene rings is 1. The summed E-state index contributed by atoms with van der Waals surface area (Å²) in [5.41, 5.74) is 5.55. The maximum absolute atomic E-state index is 12.9. The maximum Gasteiger partial charge on any atom is 0.250 e. The van der Waals surface area contributed by atoms with Gasteiger partial charge in [0.05, 0.1) is 6.04 Å². The van der Waals surface area contributed by atoms with E-state index >= 15 is 0 Å². The Hall–Kier alpha value is -2.03. The Morgan fingerprint density at radius 2 is 1.65 bits per heavy atom. The number of carbonyl (C=O) groups is 1. The normalized spacial score (nSPS) is 19.3. The van der Waals surface area contributed by atoms with Crippen LogP contribution in [0.2, 0.25) is 0 Å². The number of nitrogens with zero attached hydrogens (tertiary/aromatic N) is 2. The van der Waals surface area contributed by atoms with Crippen molar-refractivity contribution >= 4 is 16.8 Å². The predicted octanol–water partition coefficient (Wildman–Crippen LogP) is 4.50. The standard InChI is InChI=1S/C20H26N2O/c1-12-13(2)19(23)22(20(4,5)6)18(12)17-14(3)21(7)16-11-9-8-10-15(16)17/h8-11,18H,1-7H3/t18-/m0/s1. The van der Waals surface area contributed by atoms with Gasteiger partial charge >= 0.3 is 0 Å². The third-order valence-electron chi connectivity index (χ3n) is 5.24. The van der Waals surface area contributed by atoms with Crippen molar-refractivity contribution < 1.29 is 4.79 Å². The fourth-order valence-electron chi connectivity index (χ4n) is 3.80. The molecule has 1 aromatic heterocycles. The fourth-order valence-corrected chi connectivity index (χ4v) is 3.80. The molecule has 0 aliphatic carbocycles. The van der Waals surface area contributed by atoms with Gasteiger partial charge in [-0.15, -0.1) is 0 Å². The molecule has 0 bridgehead atoms. The molecule has 0 radical (unpaired) electrons. The van der Waals surface area contributed by atoms with Crippen molar-refractivity contribution in [2.45, 2.75) is 53.1 Å². The number of rotatable bonds is 1. The quantitative estimate of drug-likeness (QED) is 0.761. The molecule has 1 aliphatic rings. The van der Waals surface area contributed by atoms with Gasteiger partial charge in [0.1, 0.15) is 0 Å². The van der Waals surface area contributed by atoms with Crippen LogP contribution in [0.15, 0.2) is 35.4 Å². The van der Waals surface area contributed by atoms with Crippen LogP contribution in [0.1, 0.15) is 51.9 Å². The summed E-state index contributed by atoms with van der Waals surface area (Å²) < 4.78 is 2.23. The number of aromatic nitrogens is 1. The lowest BCUT2D eigenvalue weighted by Crippen LogP contribution is -2.45. The average molecular weight is 310 g/mol. The van der Waals surface area contributed by atoms with Crippen LogP contribution in [-0.2, 0) is 11.8 Å². The van der Waals surface area contributed by atoms with Crippen molar-refractivity contribution in [3.63, 3.8) is 0 Å². The zero-order valence-corrected chi connectivity index (χ0v) is 15.2. The summed E-state index contributed by atoms with van der Waals surface area (Å²) in [6, 6.07) is 8.49. The highest BCUT2D eigenvalue weighted by molar-refractivity contribution is 5.99. The van der Waals surface area contributed by atoms with Crippen molar-refractivity contribution in [3.8, 4) is 0 Å². The summed E-state index contributed by atoms with van der Waals surface area (Å²) in [6.45, 7) is 12.6. The first-order chi connectivity index (χ1) is 10.7. The lowest BCUT2D eigenvalue weighted by atomic mass is 9.93. The number of fused-ring (bicyclic) bond motifs is 1. The summed E-state index contributed by atoms with van der Waals surface area (Å²) in [5.74, 6) is 0.160. The summed E-state index contributed by atoms with van der Waals surface area (Å²) in [4.78, 5) is 14.9. The molecule has 3 rings (SSSR count). The summed E-state index contributed by atoms with van der Waals surface area (Å²) in [5, 5.41) is 1.24. The van der Waals surface area contributed by atoms with E-state index in [1.807, 2.05) is 11.8 Å². The number of para-hydroxylation sites is 1. The van der Waals surface area contributed by atoms with Crippen molar-refractivity contribution in [1.82, 2.24) is 9.47 Å². The molecule has 0 saturated carbocycles. The minimum absolute atomic E-state index is 0.0219. The Morgan fingerprint density at radius 3 is 2.26 bits per heavy atom. The molecule has 0 spiro atoms. The molecular weight excluding hydrogens is 284 g/mol. The molecule has 3 heteroatoms. The van der Waals surface area contributed by atoms with Crippen LogP contribution < -0.4 is 0 Å². The zero-order valence-electron chi connectivity index (χ0n) is 15.2. The maximum atomic E-state index is 12.9. The highest BCUT2D eigenvalue weighted by Crippen LogP contribution is 2.45.